The van der Waals surface area contributed by atoms with Gasteiger partial charge in [0, 0.05) is 10.7 Å². The van der Waals surface area contributed by atoms with Crippen LogP contribution in [0.3, 0.4) is 0 Å². The van der Waals surface area contributed by atoms with Crippen molar-refractivity contribution in [2.45, 2.75) is 39.0 Å². The van der Waals surface area contributed by atoms with Crippen LogP contribution in [-0.2, 0) is 5.41 Å². The highest BCUT2D eigenvalue weighted by Crippen LogP contribution is 2.33. The van der Waals surface area contributed by atoms with Gasteiger partial charge in [0.1, 0.15) is 0 Å². The molecule has 2 heteroatoms. The van der Waals surface area contributed by atoms with Gasteiger partial charge in [-0.15, -0.1) is 0 Å². The summed E-state index contributed by atoms with van der Waals surface area (Å²) in [4.78, 5) is 0. The van der Waals surface area contributed by atoms with Crippen LogP contribution in [0.25, 0.3) is 0 Å². The van der Waals surface area contributed by atoms with Gasteiger partial charge in [0.05, 0.1) is 0 Å². The predicted molar refractivity (Wildman–Crippen MR) is 63.8 cm³/mol. The van der Waals surface area contributed by atoms with Gasteiger partial charge in [0.25, 0.3) is 0 Å². The van der Waals surface area contributed by atoms with Crippen molar-refractivity contribution in [3.63, 3.8) is 0 Å². The van der Waals surface area contributed by atoms with Crippen LogP contribution in [0.1, 0.15) is 39.2 Å². The summed E-state index contributed by atoms with van der Waals surface area (Å²) >= 11 is 5.97. The van der Waals surface area contributed by atoms with Crippen LogP contribution in [0.2, 0.25) is 5.02 Å². The lowest BCUT2D eigenvalue weighted by Gasteiger charge is -2.26. The number of hydrogen-bond donors (Lipinski definition) is 1. The molecule has 0 aliphatic heterocycles. The normalized spacial score (nSPS) is 11.7. The second-order valence-corrected chi connectivity index (χ2v) is 4.80. The van der Waals surface area contributed by atoms with Crippen molar-refractivity contribution in [1.29, 1.82) is 0 Å². The molecule has 0 aromatic heterocycles. The Hall–Kier alpha value is -0.690. The van der Waals surface area contributed by atoms with Gasteiger partial charge in [0.15, 0.2) is 0 Å². The molecule has 0 atom stereocenters. The zero-order chi connectivity index (χ0) is 10.8. The molecular formula is C12H18ClN. The van der Waals surface area contributed by atoms with Crippen molar-refractivity contribution in [2.24, 2.45) is 0 Å². The molecule has 0 spiro atoms. The summed E-state index contributed by atoms with van der Waals surface area (Å²) in [5, 5.41) is 0.762. The minimum atomic E-state index is 0.115. The fraction of sp³-hybridized carbons (Fsp3) is 0.500. The van der Waals surface area contributed by atoms with E-state index in [0.717, 1.165) is 29.1 Å². The number of nitrogen functional groups attached to an aromatic ring is 1. The van der Waals surface area contributed by atoms with Crippen LogP contribution in [0.5, 0.6) is 0 Å². The smallest absolute Gasteiger partial charge is 0.0410 e. The van der Waals surface area contributed by atoms with E-state index in [4.69, 9.17) is 17.3 Å². The fourth-order valence-corrected chi connectivity index (χ4v) is 2.05. The molecule has 0 saturated carbocycles. The van der Waals surface area contributed by atoms with E-state index in [1.807, 2.05) is 18.2 Å². The van der Waals surface area contributed by atoms with Gasteiger partial charge in [-0.25, -0.2) is 0 Å². The molecule has 0 bridgehead atoms. The summed E-state index contributed by atoms with van der Waals surface area (Å²) in [6, 6.07) is 5.70. The van der Waals surface area contributed by atoms with E-state index in [9.17, 15) is 0 Å². The summed E-state index contributed by atoms with van der Waals surface area (Å²) in [6.07, 6.45) is 2.27. The third kappa shape index (κ3) is 2.42. The predicted octanol–water partition coefficient (Wildman–Crippen LogP) is 4.00. The minimum Gasteiger partial charge on any atom is -0.398 e. The summed E-state index contributed by atoms with van der Waals surface area (Å²) in [6.45, 7) is 6.60. The van der Waals surface area contributed by atoms with E-state index in [0.29, 0.717) is 0 Å². The van der Waals surface area contributed by atoms with Gasteiger partial charge in [-0.05, 0) is 35.6 Å². The monoisotopic (exact) mass is 211 g/mol. The molecule has 0 unspecified atom stereocenters. The Morgan fingerprint density at radius 3 is 2.57 bits per heavy atom. The molecular weight excluding hydrogens is 194 g/mol. The maximum Gasteiger partial charge on any atom is 0.0410 e. The number of benzene rings is 1. The van der Waals surface area contributed by atoms with Crippen molar-refractivity contribution in [3.8, 4) is 0 Å². The van der Waals surface area contributed by atoms with E-state index in [-0.39, 0.29) is 5.41 Å². The molecule has 0 fully saturated rings. The SMILES string of the molecule is CCCC(C)(C)c1cc(Cl)ccc1N. The topological polar surface area (TPSA) is 26.0 Å². The molecule has 1 rings (SSSR count). The van der Waals surface area contributed by atoms with Crippen molar-refractivity contribution in [1.82, 2.24) is 0 Å². The molecule has 78 valence electrons. The number of rotatable bonds is 3. The van der Waals surface area contributed by atoms with E-state index in [1.54, 1.807) is 0 Å². The molecule has 1 aromatic rings. The van der Waals surface area contributed by atoms with Gasteiger partial charge in [-0.1, -0.05) is 38.8 Å². The standard InChI is InChI=1S/C12H18ClN/c1-4-7-12(2,3)10-8-9(13)5-6-11(10)14/h5-6,8H,4,7,14H2,1-3H3. The molecule has 0 saturated heterocycles. The van der Waals surface area contributed by atoms with Crippen LogP contribution in [0.15, 0.2) is 18.2 Å². The lowest BCUT2D eigenvalue weighted by atomic mass is 9.80. The van der Waals surface area contributed by atoms with Crippen LogP contribution in [0, 0.1) is 0 Å². The summed E-state index contributed by atoms with van der Waals surface area (Å²) in [7, 11) is 0. The molecule has 0 amide bonds. The van der Waals surface area contributed by atoms with Crippen LogP contribution < -0.4 is 5.73 Å². The first kappa shape index (κ1) is 11.4. The van der Waals surface area contributed by atoms with Crippen LogP contribution in [-0.4, -0.2) is 0 Å². The fourth-order valence-electron chi connectivity index (χ4n) is 1.87. The van der Waals surface area contributed by atoms with Gasteiger partial charge in [-0.2, -0.15) is 0 Å². The van der Waals surface area contributed by atoms with E-state index >= 15 is 0 Å². The Kier molecular flexibility index (Phi) is 3.43. The van der Waals surface area contributed by atoms with E-state index in [2.05, 4.69) is 20.8 Å². The third-order valence-electron chi connectivity index (χ3n) is 2.62. The molecule has 0 heterocycles. The average molecular weight is 212 g/mol. The third-order valence-corrected chi connectivity index (χ3v) is 2.85. The quantitative estimate of drug-likeness (QED) is 0.752. The first-order valence-electron chi connectivity index (χ1n) is 5.03. The van der Waals surface area contributed by atoms with Crippen molar-refractivity contribution >= 4 is 17.3 Å². The van der Waals surface area contributed by atoms with Crippen LogP contribution in [0.4, 0.5) is 5.69 Å². The highest BCUT2D eigenvalue weighted by Gasteiger charge is 2.21. The second-order valence-electron chi connectivity index (χ2n) is 4.37. The highest BCUT2D eigenvalue weighted by atomic mass is 35.5. The molecule has 1 nitrogen and oxygen atoms in total. The molecule has 0 radical (unpaired) electrons. The van der Waals surface area contributed by atoms with Gasteiger partial charge in [0.2, 0.25) is 0 Å². The van der Waals surface area contributed by atoms with Crippen molar-refractivity contribution in [3.05, 3.63) is 28.8 Å². The summed E-state index contributed by atoms with van der Waals surface area (Å²) in [5.41, 5.74) is 8.06. The molecule has 0 aliphatic rings. The van der Waals surface area contributed by atoms with E-state index in [1.165, 1.54) is 0 Å². The van der Waals surface area contributed by atoms with Gasteiger partial charge < -0.3 is 5.73 Å². The zero-order valence-electron chi connectivity index (χ0n) is 9.10. The van der Waals surface area contributed by atoms with Crippen molar-refractivity contribution in [2.75, 3.05) is 5.73 Å². The first-order chi connectivity index (χ1) is 6.47. The van der Waals surface area contributed by atoms with Gasteiger partial charge >= 0.3 is 0 Å². The number of nitrogens with two attached hydrogens (primary N) is 1. The zero-order valence-corrected chi connectivity index (χ0v) is 9.86. The Morgan fingerprint density at radius 1 is 1.36 bits per heavy atom. The maximum atomic E-state index is 5.97. The maximum absolute atomic E-state index is 5.97. The molecule has 1 aromatic carbocycles. The number of halogens is 1. The van der Waals surface area contributed by atoms with Crippen LogP contribution >= 0.6 is 11.6 Å². The Morgan fingerprint density at radius 2 is 2.00 bits per heavy atom. The summed E-state index contributed by atoms with van der Waals surface area (Å²) < 4.78 is 0. The lowest BCUT2D eigenvalue weighted by molar-refractivity contribution is 0.475. The Bertz CT molecular complexity index is 318. The Labute approximate surface area is 91.3 Å². The van der Waals surface area contributed by atoms with Gasteiger partial charge in [-0.3, -0.25) is 0 Å². The summed E-state index contributed by atoms with van der Waals surface area (Å²) in [5.74, 6) is 0. The lowest BCUT2D eigenvalue weighted by Crippen LogP contribution is -2.18. The Balaban J connectivity index is 3.10. The molecule has 2 N–H and O–H groups in total. The van der Waals surface area contributed by atoms with E-state index < -0.39 is 0 Å². The largest absolute Gasteiger partial charge is 0.398 e. The number of anilines is 1. The first-order valence-corrected chi connectivity index (χ1v) is 5.40. The highest BCUT2D eigenvalue weighted by molar-refractivity contribution is 6.30. The number of hydrogen-bond acceptors (Lipinski definition) is 1. The second kappa shape index (κ2) is 4.22. The molecule has 0 aliphatic carbocycles. The molecule has 14 heavy (non-hydrogen) atoms. The van der Waals surface area contributed by atoms with Crippen molar-refractivity contribution < 1.29 is 0 Å². The average Bonchev–Trinajstić information content (AvgIpc) is 2.09. The minimum absolute atomic E-state index is 0.115.